The molecule has 1 aliphatic heterocycles. The molecule has 0 aromatic heterocycles. The summed E-state index contributed by atoms with van der Waals surface area (Å²) in [7, 11) is 1.38. The minimum atomic E-state index is -3.95. The molecule has 4 rings (SSSR count). The van der Waals surface area contributed by atoms with Crippen LogP contribution in [0.3, 0.4) is 0 Å². The average molecular weight is 466 g/mol. The molecule has 2 aliphatic carbocycles. The molecule has 0 bridgehead atoms. The normalized spacial score (nSPS) is 34.4. The highest BCUT2D eigenvalue weighted by Gasteiger charge is 2.63. The van der Waals surface area contributed by atoms with E-state index in [2.05, 4.69) is 45.2 Å². The first-order valence-corrected chi connectivity index (χ1v) is 11.2. The Labute approximate surface area is 154 Å². The lowest BCUT2D eigenvalue weighted by Gasteiger charge is -2.51. The van der Waals surface area contributed by atoms with Crippen molar-refractivity contribution in [3.8, 4) is 0 Å². The molecule has 1 saturated carbocycles. The van der Waals surface area contributed by atoms with Crippen LogP contribution in [-0.2, 0) is 25.8 Å². The molecular formula is C16H17ClINO3S. The third-order valence-corrected chi connectivity index (χ3v) is 6.97. The van der Waals surface area contributed by atoms with Crippen molar-refractivity contribution in [3.63, 3.8) is 0 Å². The number of nitrogens with zero attached hydrogens (tertiary/aromatic N) is 1. The van der Waals surface area contributed by atoms with Gasteiger partial charge >= 0.3 is 9.24 Å². The van der Waals surface area contributed by atoms with E-state index in [1.54, 1.807) is 0 Å². The van der Waals surface area contributed by atoms with E-state index in [0.29, 0.717) is 6.42 Å². The fourth-order valence-electron chi connectivity index (χ4n) is 4.83. The first-order valence-electron chi connectivity index (χ1n) is 7.85. The molecule has 2 fully saturated rings. The molecule has 7 heteroatoms. The van der Waals surface area contributed by atoms with Gasteiger partial charge in [0, 0.05) is 26.1 Å². The lowest BCUT2D eigenvalue weighted by atomic mass is 9.54. The predicted octanol–water partition coefficient (Wildman–Crippen LogP) is 4.09. The van der Waals surface area contributed by atoms with E-state index >= 15 is 0 Å². The maximum absolute atomic E-state index is 11.4. The number of aryl methyl sites for hydroxylation is 1. The van der Waals surface area contributed by atoms with Crippen LogP contribution in [-0.4, -0.2) is 19.9 Å². The highest BCUT2D eigenvalue weighted by molar-refractivity contribution is 14.1. The van der Waals surface area contributed by atoms with Crippen molar-refractivity contribution in [1.82, 2.24) is 0 Å². The van der Waals surface area contributed by atoms with E-state index in [0.717, 1.165) is 38.5 Å². The van der Waals surface area contributed by atoms with Crippen LogP contribution in [0.25, 0.3) is 0 Å². The SMILES string of the molecule is O=S(=O)(Cl)/N=C1/CC23CCCCC2(CCc2ccc(I)cc23)O1. The number of rotatable bonds is 1. The van der Waals surface area contributed by atoms with Crippen molar-refractivity contribution < 1.29 is 13.2 Å². The van der Waals surface area contributed by atoms with Crippen molar-refractivity contribution in [1.29, 1.82) is 0 Å². The molecule has 2 atom stereocenters. The van der Waals surface area contributed by atoms with Gasteiger partial charge in [-0.25, -0.2) is 0 Å². The molecule has 1 aromatic rings. The summed E-state index contributed by atoms with van der Waals surface area (Å²) in [6.45, 7) is 0. The van der Waals surface area contributed by atoms with E-state index in [-0.39, 0.29) is 16.9 Å². The van der Waals surface area contributed by atoms with Crippen molar-refractivity contribution in [2.75, 3.05) is 0 Å². The Balaban J connectivity index is 1.90. The first-order chi connectivity index (χ1) is 10.8. The number of benzene rings is 1. The van der Waals surface area contributed by atoms with Gasteiger partial charge in [-0.15, -0.1) is 4.40 Å². The largest absolute Gasteiger partial charge is 0.473 e. The van der Waals surface area contributed by atoms with Crippen LogP contribution >= 0.6 is 33.3 Å². The maximum Gasteiger partial charge on any atom is 0.342 e. The number of halogens is 2. The summed E-state index contributed by atoms with van der Waals surface area (Å²) < 4.78 is 33.9. The Hall–Kier alpha value is -0.340. The van der Waals surface area contributed by atoms with E-state index in [9.17, 15) is 8.42 Å². The summed E-state index contributed by atoms with van der Waals surface area (Å²) in [5.41, 5.74) is 2.22. The molecule has 0 spiro atoms. The molecule has 2 unspecified atom stereocenters. The van der Waals surface area contributed by atoms with Crippen molar-refractivity contribution >= 4 is 48.4 Å². The quantitative estimate of drug-likeness (QED) is 0.464. The van der Waals surface area contributed by atoms with Gasteiger partial charge in [0.2, 0.25) is 5.90 Å². The molecule has 1 heterocycles. The number of hydrogen-bond acceptors (Lipinski definition) is 3. The third-order valence-electron chi connectivity index (χ3n) is 5.67. The zero-order valence-electron chi connectivity index (χ0n) is 12.5. The molecule has 0 amide bonds. The third kappa shape index (κ3) is 2.52. The van der Waals surface area contributed by atoms with E-state index in [4.69, 9.17) is 15.4 Å². The average Bonchev–Trinajstić information content (AvgIpc) is 2.79. The minimum absolute atomic E-state index is 0.152. The van der Waals surface area contributed by atoms with Gasteiger partial charge in [0.25, 0.3) is 0 Å². The molecule has 3 aliphatic rings. The van der Waals surface area contributed by atoms with Gasteiger partial charge in [0.15, 0.2) is 0 Å². The first kappa shape index (κ1) is 16.1. The van der Waals surface area contributed by atoms with Gasteiger partial charge in [-0.2, -0.15) is 8.42 Å². The van der Waals surface area contributed by atoms with E-state index < -0.39 is 9.24 Å². The van der Waals surface area contributed by atoms with E-state index in [1.165, 1.54) is 14.7 Å². The molecule has 0 radical (unpaired) electrons. The van der Waals surface area contributed by atoms with Crippen molar-refractivity contribution in [2.45, 2.75) is 56.0 Å². The van der Waals surface area contributed by atoms with Gasteiger partial charge in [-0.1, -0.05) is 12.5 Å². The Morgan fingerprint density at radius 2 is 2.00 bits per heavy atom. The summed E-state index contributed by atoms with van der Waals surface area (Å²) in [5, 5.41) is 0. The molecule has 1 aromatic carbocycles. The van der Waals surface area contributed by atoms with Gasteiger partial charge in [0.1, 0.15) is 5.60 Å². The second-order valence-electron chi connectivity index (χ2n) is 6.76. The van der Waals surface area contributed by atoms with Gasteiger partial charge in [-0.3, -0.25) is 0 Å². The van der Waals surface area contributed by atoms with Gasteiger partial charge in [0.05, 0.1) is 0 Å². The molecule has 4 nitrogen and oxygen atoms in total. The van der Waals surface area contributed by atoms with Crippen LogP contribution in [0.2, 0.25) is 0 Å². The smallest absolute Gasteiger partial charge is 0.342 e. The molecule has 124 valence electrons. The summed E-state index contributed by atoms with van der Waals surface area (Å²) in [6.07, 6.45) is 6.64. The van der Waals surface area contributed by atoms with Crippen LogP contribution in [0, 0.1) is 3.57 Å². The zero-order valence-corrected chi connectivity index (χ0v) is 16.2. The Morgan fingerprint density at radius 3 is 2.78 bits per heavy atom. The fourth-order valence-corrected chi connectivity index (χ4v) is 5.90. The van der Waals surface area contributed by atoms with Gasteiger partial charge < -0.3 is 4.74 Å². The zero-order chi connectivity index (χ0) is 16.3. The predicted molar refractivity (Wildman–Crippen MR) is 98.3 cm³/mol. The Bertz CT molecular complexity index is 810. The lowest BCUT2D eigenvalue weighted by Crippen LogP contribution is -2.53. The highest BCUT2D eigenvalue weighted by atomic mass is 127. The monoisotopic (exact) mass is 465 g/mol. The van der Waals surface area contributed by atoms with Crippen LogP contribution in [0.15, 0.2) is 22.6 Å². The summed E-state index contributed by atoms with van der Waals surface area (Å²) in [4.78, 5) is 0. The fraction of sp³-hybridized carbons (Fsp3) is 0.562. The standard InChI is InChI=1S/C16H17ClINO3S/c17-23(20,21)19-14-10-15-6-1-2-7-16(15,22-14)8-5-11-3-4-12(18)9-13(11)15/h3-4,9H,1-2,5-8,10H2/b19-14-. The van der Waals surface area contributed by atoms with Crippen LogP contribution in [0.4, 0.5) is 0 Å². The molecular weight excluding hydrogens is 449 g/mol. The summed E-state index contributed by atoms with van der Waals surface area (Å²) >= 11 is 2.34. The molecule has 0 N–H and O–H groups in total. The van der Waals surface area contributed by atoms with Gasteiger partial charge in [-0.05, 0) is 78.0 Å². The van der Waals surface area contributed by atoms with E-state index in [1.807, 2.05) is 0 Å². The maximum atomic E-state index is 11.4. The second kappa shape index (κ2) is 5.33. The molecule has 1 saturated heterocycles. The van der Waals surface area contributed by atoms with Crippen LogP contribution in [0.5, 0.6) is 0 Å². The topological polar surface area (TPSA) is 55.7 Å². The summed E-state index contributed by atoms with van der Waals surface area (Å²) in [5.74, 6) is 0.286. The number of fused-ring (bicyclic) bond motifs is 1. The number of ether oxygens (including phenoxy) is 1. The van der Waals surface area contributed by atoms with Crippen LogP contribution in [0.1, 0.15) is 49.7 Å². The lowest BCUT2D eigenvalue weighted by molar-refractivity contribution is -0.0324. The Morgan fingerprint density at radius 1 is 1.22 bits per heavy atom. The Kier molecular flexibility index (Phi) is 3.74. The second-order valence-corrected chi connectivity index (χ2v) is 10.2. The van der Waals surface area contributed by atoms with Crippen LogP contribution < -0.4 is 0 Å². The number of hydrogen-bond donors (Lipinski definition) is 0. The molecule has 23 heavy (non-hydrogen) atoms. The highest BCUT2D eigenvalue weighted by Crippen LogP contribution is 2.60. The summed E-state index contributed by atoms with van der Waals surface area (Å²) in [6, 6.07) is 6.59. The van der Waals surface area contributed by atoms with Crippen molar-refractivity contribution in [2.24, 2.45) is 4.40 Å². The van der Waals surface area contributed by atoms with Crippen molar-refractivity contribution in [3.05, 3.63) is 32.9 Å². The minimum Gasteiger partial charge on any atom is -0.473 e.